The quantitative estimate of drug-likeness (QED) is 0.0383. The number of carboxylic acid groups (broad SMARTS) is 1. The number of fused-ring (bicyclic) bond motifs is 6. The number of primary amides is 1. The van der Waals surface area contributed by atoms with E-state index in [0.717, 1.165) is 16.8 Å². The smallest absolute Gasteiger partial charge is 0.303 e. The zero-order valence-electron chi connectivity index (χ0n) is 51.0. The third-order valence-corrected chi connectivity index (χ3v) is 16.1. The number of aliphatic carboxylic acids is 1. The first-order valence-corrected chi connectivity index (χ1v) is 29.9. The molecular formula is C60H85N15O14. The van der Waals surface area contributed by atoms with Crippen LogP contribution < -0.4 is 65.1 Å². The average molecular weight is 1240 g/mol. The van der Waals surface area contributed by atoms with Crippen molar-refractivity contribution in [2.75, 3.05) is 31.5 Å². The summed E-state index contributed by atoms with van der Waals surface area (Å²) in [6, 6.07) is 1.50. The molecule has 4 aliphatic rings. The van der Waals surface area contributed by atoms with Crippen molar-refractivity contribution in [3.8, 4) is 5.75 Å². The first-order chi connectivity index (χ1) is 42.1. The number of hydrogen-bond donors (Lipinski definition) is 14. The number of allylic oxidation sites excluding steroid dienone is 2. The van der Waals surface area contributed by atoms with Crippen LogP contribution in [0.2, 0.25) is 0 Å². The molecule has 3 fully saturated rings. The highest BCUT2D eigenvalue weighted by atomic mass is 16.4. The number of nitrogens with zero attached hydrogens (tertiary/aromatic N) is 3. The van der Waals surface area contributed by atoms with Gasteiger partial charge in [0.25, 0.3) is 0 Å². The van der Waals surface area contributed by atoms with Crippen LogP contribution in [-0.2, 0) is 69.4 Å². The number of rotatable bonds is 16. The molecule has 5 unspecified atom stereocenters. The minimum absolute atomic E-state index is 0.0181. The molecule has 0 spiro atoms. The van der Waals surface area contributed by atoms with Crippen LogP contribution in [0.1, 0.15) is 117 Å². The van der Waals surface area contributed by atoms with Crippen molar-refractivity contribution in [1.29, 1.82) is 0 Å². The highest BCUT2D eigenvalue weighted by molar-refractivity contribution is 6.00. The molecule has 11 amide bonds. The Morgan fingerprint density at radius 3 is 1.90 bits per heavy atom. The Bertz CT molecular complexity index is 3060. The van der Waals surface area contributed by atoms with Crippen molar-refractivity contribution < 1.29 is 67.7 Å². The molecule has 484 valence electrons. The summed E-state index contributed by atoms with van der Waals surface area (Å²) in [6.07, 6.45) is -0.510. The Labute approximate surface area is 515 Å². The molecule has 0 aromatic heterocycles. The van der Waals surface area contributed by atoms with Gasteiger partial charge in [-0.3, -0.25) is 62.5 Å². The first-order valence-electron chi connectivity index (χ1n) is 29.9. The molecule has 89 heavy (non-hydrogen) atoms. The summed E-state index contributed by atoms with van der Waals surface area (Å²) in [7, 11) is 0. The fourth-order valence-electron chi connectivity index (χ4n) is 11.6. The van der Waals surface area contributed by atoms with Gasteiger partial charge in [0.15, 0.2) is 5.96 Å². The lowest BCUT2D eigenvalue weighted by Crippen LogP contribution is -2.62. The summed E-state index contributed by atoms with van der Waals surface area (Å²) in [6.45, 7) is 9.34. The second-order valence-electron chi connectivity index (χ2n) is 24.0. The van der Waals surface area contributed by atoms with E-state index in [1.165, 1.54) is 34.1 Å². The van der Waals surface area contributed by atoms with Crippen LogP contribution in [0.4, 0.5) is 5.69 Å². The number of phenols is 1. The second-order valence-corrected chi connectivity index (χ2v) is 24.0. The molecule has 29 heteroatoms. The van der Waals surface area contributed by atoms with E-state index in [-0.39, 0.29) is 75.7 Å². The molecule has 4 heterocycles. The van der Waals surface area contributed by atoms with E-state index >= 15 is 9.59 Å². The number of aliphatic imine (C=N–C) groups is 1. The lowest BCUT2D eigenvalue weighted by Gasteiger charge is -2.36. The number of carbonyl (C=O) groups excluding carboxylic acids is 11. The highest BCUT2D eigenvalue weighted by Crippen LogP contribution is 2.53. The predicted molar refractivity (Wildman–Crippen MR) is 324 cm³/mol. The van der Waals surface area contributed by atoms with Crippen LogP contribution in [0.15, 0.2) is 65.2 Å². The summed E-state index contributed by atoms with van der Waals surface area (Å²) in [5.74, 6) is -12.5. The normalized spacial score (nSPS) is 26.1. The van der Waals surface area contributed by atoms with Crippen molar-refractivity contribution in [1.82, 2.24) is 52.3 Å². The molecule has 10 atom stereocenters. The highest BCUT2D eigenvalue weighted by Gasteiger charge is 2.61. The van der Waals surface area contributed by atoms with E-state index in [1.54, 1.807) is 13.8 Å². The fourth-order valence-corrected chi connectivity index (χ4v) is 11.6. The lowest BCUT2D eigenvalue weighted by atomic mass is 9.75. The van der Waals surface area contributed by atoms with E-state index in [4.69, 9.17) is 17.2 Å². The zero-order valence-corrected chi connectivity index (χ0v) is 51.0. The third kappa shape index (κ3) is 18.4. The zero-order chi connectivity index (χ0) is 65.4. The van der Waals surface area contributed by atoms with E-state index in [0.29, 0.717) is 12.0 Å². The van der Waals surface area contributed by atoms with Gasteiger partial charge in [-0.05, 0) is 106 Å². The van der Waals surface area contributed by atoms with Gasteiger partial charge in [0.05, 0.1) is 19.5 Å². The summed E-state index contributed by atoms with van der Waals surface area (Å²) in [4.78, 5) is 176. The van der Waals surface area contributed by atoms with Crippen molar-refractivity contribution in [3.05, 3.63) is 71.3 Å². The average Bonchev–Trinajstić information content (AvgIpc) is 2.05. The van der Waals surface area contributed by atoms with Crippen molar-refractivity contribution in [2.24, 2.45) is 34.0 Å². The van der Waals surface area contributed by atoms with Crippen LogP contribution in [0.3, 0.4) is 0 Å². The topological polar surface area (TPSA) is 450 Å². The molecule has 2 aromatic carbocycles. The number of para-hydroxylation sites is 1. The van der Waals surface area contributed by atoms with Crippen molar-refractivity contribution in [3.63, 3.8) is 0 Å². The summed E-state index contributed by atoms with van der Waals surface area (Å²) >= 11 is 0. The van der Waals surface area contributed by atoms with Crippen LogP contribution >= 0.6 is 0 Å². The molecule has 17 N–H and O–H groups in total. The van der Waals surface area contributed by atoms with Crippen LogP contribution in [0, 0.1) is 11.8 Å². The Balaban J connectivity index is 1.42. The maximum atomic E-state index is 15.6. The summed E-state index contributed by atoms with van der Waals surface area (Å²) in [5.41, 5.74) is 18.6. The van der Waals surface area contributed by atoms with Gasteiger partial charge in [0.1, 0.15) is 60.3 Å². The Morgan fingerprint density at radius 2 is 1.29 bits per heavy atom. The van der Waals surface area contributed by atoms with E-state index in [9.17, 15) is 58.2 Å². The van der Waals surface area contributed by atoms with Gasteiger partial charge >= 0.3 is 5.97 Å². The molecule has 0 bridgehead atoms. The minimum atomic E-state index is -1.80. The number of hydrogen-bond acceptors (Lipinski definition) is 15. The lowest BCUT2D eigenvalue weighted by molar-refractivity contribution is -0.146. The van der Waals surface area contributed by atoms with E-state index < -0.39 is 169 Å². The molecule has 0 radical (unpaired) electrons. The van der Waals surface area contributed by atoms with E-state index in [1.807, 2.05) is 58.0 Å². The molecule has 4 aliphatic heterocycles. The second kappa shape index (κ2) is 31.0. The number of phenolic OH excluding ortho intramolecular Hbond substituents is 1. The fraction of sp³-hybridized carbons (Fsp3) is 0.550. The molecule has 2 aromatic rings. The summed E-state index contributed by atoms with van der Waals surface area (Å²) in [5, 5.41) is 43.7. The SMILES string of the molecule is CC(C)=CCC12CC3C(=O)N[C@@H](C(C)C)C(=O)N4CCCC4C(=O)N[C@@H](CC(N)=O)C(=O)N[C@@H](CCC(=O)O)C(=O)N[C@@H](CCCN=C(N)N)C(=O)NCC(=O)NC(Cc4ccc(O)cc4)C(=O)NCC(=O)N[C@@H](CC(C)C)C(=O)N3C1Nc1ccccc12. The molecule has 3 saturated heterocycles. The van der Waals surface area contributed by atoms with Gasteiger partial charge in [-0.2, -0.15) is 0 Å². The maximum Gasteiger partial charge on any atom is 0.303 e. The Kier molecular flexibility index (Phi) is 24.0. The molecular weight excluding hydrogens is 1150 g/mol. The van der Waals surface area contributed by atoms with Gasteiger partial charge in [0, 0.05) is 37.0 Å². The van der Waals surface area contributed by atoms with Gasteiger partial charge in [-0.1, -0.05) is 69.7 Å². The minimum Gasteiger partial charge on any atom is -0.508 e. The number of anilines is 1. The number of benzene rings is 2. The largest absolute Gasteiger partial charge is 0.508 e. The monoisotopic (exact) mass is 1240 g/mol. The van der Waals surface area contributed by atoms with E-state index in [2.05, 4.69) is 52.8 Å². The Morgan fingerprint density at radius 1 is 0.697 bits per heavy atom. The Hall–Kier alpha value is -9.31. The molecule has 0 aliphatic carbocycles. The third-order valence-electron chi connectivity index (χ3n) is 16.1. The van der Waals surface area contributed by atoms with Crippen LogP contribution in [0.5, 0.6) is 5.75 Å². The molecule has 0 saturated carbocycles. The van der Waals surface area contributed by atoms with Crippen molar-refractivity contribution in [2.45, 2.75) is 172 Å². The van der Waals surface area contributed by atoms with Crippen LogP contribution in [0.25, 0.3) is 0 Å². The van der Waals surface area contributed by atoms with Gasteiger partial charge in [-0.15, -0.1) is 0 Å². The van der Waals surface area contributed by atoms with Gasteiger partial charge in [0.2, 0.25) is 65.0 Å². The number of carbonyl (C=O) groups is 12. The predicted octanol–water partition coefficient (Wildman–Crippen LogP) is -1.78. The number of guanidine groups is 1. The van der Waals surface area contributed by atoms with Crippen LogP contribution in [-0.4, -0.2) is 178 Å². The number of aromatic hydroxyl groups is 1. The van der Waals surface area contributed by atoms with Gasteiger partial charge < -0.3 is 85.1 Å². The van der Waals surface area contributed by atoms with Gasteiger partial charge in [-0.25, -0.2) is 0 Å². The van der Waals surface area contributed by atoms with Crippen molar-refractivity contribution >= 4 is 82.6 Å². The standard InChI is InChI=1S/C60H85N15O14/c1-31(2)21-22-60-28-44-55(87)73-49(33(5)6)57(89)74-24-10-14-43(74)54(86)71-41(27-45(61)77)53(85)70-39(19-20-48(80)81)52(84)69-38(13-9-23-64-59(62)63)50(82)65-29-46(78)67-40(26-34-15-17-35(76)18-16-34)51(83)66-30-47(79)68-42(25-32(3)4)56(88)75(44)58(60)72-37-12-8-7-11-36(37)60/h7-8,11-12,15-18,21,32-33,38-44,49,58,72,76H,9-10,13-14,19-20,22-30H2,1-6H3,(H2,61,77)(H,65,82)(H,66,83)(H,67,78)(H,68,79)(H,69,84)(H,70,85)(H,71,86)(H,73,87)(H,80,81)(H4,62,63,64)/t38-,39-,40?,41-,42-,43?,44?,49-,58?,60?/m0/s1. The number of amides is 11. The number of nitrogens with two attached hydrogens (primary N) is 3. The molecule has 29 nitrogen and oxygen atoms in total. The first kappa shape index (κ1) is 68.8. The number of carboxylic acids is 1. The summed E-state index contributed by atoms with van der Waals surface area (Å²) < 4.78 is 0. The molecule has 6 rings (SSSR count). The maximum absolute atomic E-state index is 15.6. The number of nitrogens with one attached hydrogen (secondary N) is 9.